The predicted octanol–water partition coefficient (Wildman–Crippen LogP) is 2.61. The fourth-order valence-electron chi connectivity index (χ4n) is 2.85. The van der Waals surface area contributed by atoms with Crippen molar-refractivity contribution in [2.45, 2.75) is 44.1 Å². The molecule has 0 bridgehead atoms. The zero-order chi connectivity index (χ0) is 14.0. The van der Waals surface area contributed by atoms with Crippen molar-refractivity contribution < 1.29 is 9.90 Å². The number of fused-ring (bicyclic) bond motifs is 1. The minimum absolute atomic E-state index is 0.0200. The Balaban J connectivity index is 1.62. The lowest BCUT2D eigenvalue weighted by Crippen LogP contribution is -2.42. The summed E-state index contributed by atoms with van der Waals surface area (Å²) in [5, 5.41) is 13.2. The van der Waals surface area contributed by atoms with Crippen LogP contribution in [0.4, 0.5) is 0 Å². The first-order valence-electron chi connectivity index (χ1n) is 7.36. The number of carbonyl (C=O) groups excluding carboxylic acids is 1. The van der Waals surface area contributed by atoms with Crippen LogP contribution in [0.25, 0.3) is 0 Å². The Morgan fingerprint density at radius 1 is 1.35 bits per heavy atom. The summed E-state index contributed by atoms with van der Waals surface area (Å²) in [6.45, 7) is 0.376. The second-order valence-electron chi connectivity index (χ2n) is 5.83. The molecule has 1 unspecified atom stereocenters. The van der Waals surface area contributed by atoms with Crippen LogP contribution in [-0.4, -0.2) is 34.7 Å². The lowest BCUT2D eigenvalue weighted by atomic mass is 10.0. The highest BCUT2D eigenvalue weighted by atomic mass is 32.2. The molecule has 1 saturated heterocycles. The Bertz CT molecular complexity index is 469. The number of rotatable bonds is 3. The number of aryl methyl sites for hydroxylation is 2. The van der Waals surface area contributed by atoms with Crippen LogP contribution in [0.5, 0.6) is 0 Å². The third-order valence-corrected chi connectivity index (χ3v) is 6.60. The van der Waals surface area contributed by atoms with Gasteiger partial charge in [0, 0.05) is 17.2 Å². The van der Waals surface area contributed by atoms with Crippen molar-refractivity contribution >= 4 is 29.0 Å². The van der Waals surface area contributed by atoms with Gasteiger partial charge < -0.3 is 10.4 Å². The lowest BCUT2D eigenvalue weighted by molar-refractivity contribution is 0.0614. The second kappa shape index (κ2) is 6.08. The number of amides is 1. The van der Waals surface area contributed by atoms with E-state index in [1.807, 2.05) is 0 Å². The summed E-state index contributed by atoms with van der Waals surface area (Å²) in [5.41, 5.74) is 0.669. The SMILES string of the molecule is O=C(NCC1(O)CCSC1)c1cc2c(s1)CCCCC2. The number of thioether (sulfide) groups is 1. The maximum absolute atomic E-state index is 12.2. The van der Waals surface area contributed by atoms with Gasteiger partial charge in [0.15, 0.2) is 0 Å². The van der Waals surface area contributed by atoms with Gasteiger partial charge in [-0.1, -0.05) is 6.42 Å². The Morgan fingerprint density at radius 3 is 3.00 bits per heavy atom. The summed E-state index contributed by atoms with van der Waals surface area (Å²) in [7, 11) is 0. The molecule has 0 aromatic carbocycles. The summed E-state index contributed by atoms with van der Waals surface area (Å²) in [6.07, 6.45) is 6.79. The maximum atomic E-state index is 12.2. The van der Waals surface area contributed by atoms with E-state index in [-0.39, 0.29) is 5.91 Å². The van der Waals surface area contributed by atoms with Crippen LogP contribution in [-0.2, 0) is 12.8 Å². The average molecular weight is 311 g/mol. The maximum Gasteiger partial charge on any atom is 0.261 e. The molecule has 2 heterocycles. The summed E-state index contributed by atoms with van der Waals surface area (Å²) < 4.78 is 0. The number of thiophene rings is 1. The molecule has 20 heavy (non-hydrogen) atoms. The highest BCUT2D eigenvalue weighted by Crippen LogP contribution is 2.30. The lowest BCUT2D eigenvalue weighted by Gasteiger charge is -2.21. The van der Waals surface area contributed by atoms with Crippen molar-refractivity contribution in [1.82, 2.24) is 5.32 Å². The van der Waals surface area contributed by atoms with Crippen LogP contribution in [0, 0.1) is 0 Å². The largest absolute Gasteiger partial charge is 0.387 e. The van der Waals surface area contributed by atoms with Gasteiger partial charge in [-0.05, 0) is 49.5 Å². The van der Waals surface area contributed by atoms with Crippen LogP contribution in [0.3, 0.4) is 0 Å². The number of nitrogens with one attached hydrogen (secondary N) is 1. The van der Waals surface area contributed by atoms with Crippen molar-refractivity contribution in [1.29, 1.82) is 0 Å². The van der Waals surface area contributed by atoms with Gasteiger partial charge in [-0.2, -0.15) is 11.8 Å². The van der Waals surface area contributed by atoms with E-state index in [1.165, 1.54) is 29.7 Å². The summed E-state index contributed by atoms with van der Waals surface area (Å²) in [6, 6.07) is 2.06. The Morgan fingerprint density at radius 2 is 2.20 bits per heavy atom. The van der Waals surface area contributed by atoms with Crippen LogP contribution in [0.15, 0.2) is 6.07 Å². The summed E-state index contributed by atoms with van der Waals surface area (Å²) >= 11 is 3.39. The highest BCUT2D eigenvalue weighted by Gasteiger charge is 2.32. The molecule has 3 rings (SSSR count). The Kier molecular flexibility index (Phi) is 4.38. The molecule has 1 aromatic rings. The first-order chi connectivity index (χ1) is 9.66. The summed E-state index contributed by atoms with van der Waals surface area (Å²) in [5.74, 6) is 1.70. The number of aliphatic hydroxyl groups is 1. The third-order valence-electron chi connectivity index (χ3n) is 4.13. The average Bonchev–Trinajstić information content (AvgIpc) is 2.99. The minimum atomic E-state index is -0.700. The molecule has 3 nitrogen and oxygen atoms in total. The Labute approximate surface area is 128 Å². The molecule has 1 fully saturated rings. The fourth-order valence-corrected chi connectivity index (χ4v) is 5.31. The molecule has 110 valence electrons. The van der Waals surface area contributed by atoms with Gasteiger partial charge in [0.1, 0.15) is 0 Å². The van der Waals surface area contributed by atoms with Crippen molar-refractivity contribution in [3.05, 3.63) is 21.4 Å². The van der Waals surface area contributed by atoms with Crippen LogP contribution < -0.4 is 5.32 Å². The van der Waals surface area contributed by atoms with Crippen molar-refractivity contribution in [2.24, 2.45) is 0 Å². The van der Waals surface area contributed by atoms with Gasteiger partial charge in [0.05, 0.1) is 10.5 Å². The molecule has 1 aliphatic carbocycles. The molecular formula is C15H21NO2S2. The first-order valence-corrected chi connectivity index (χ1v) is 9.33. The van der Waals surface area contributed by atoms with Gasteiger partial charge in [-0.3, -0.25) is 4.79 Å². The van der Waals surface area contributed by atoms with E-state index in [9.17, 15) is 9.90 Å². The summed E-state index contributed by atoms with van der Waals surface area (Å²) in [4.78, 5) is 14.4. The standard InChI is InChI=1S/C15H21NO2S2/c17-14(16-9-15(18)6-7-19-10-15)13-8-11-4-2-1-3-5-12(11)20-13/h8,18H,1-7,9-10H2,(H,16,17). The van der Waals surface area contributed by atoms with Gasteiger partial charge in [-0.25, -0.2) is 0 Å². The van der Waals surface area contributed by atoms with Crippen molar-refractivity contribution in [3.8, 4) is 0 Å². The minimum Gasteiger partial charge on any atom is -0.387 e. The zero-order valence-corrected chi connectivity index (χ0v) is 13.2. The first kappa shape index (κ1) is 14.4. The van der Waals surface area contributed by atoms with E-state index in [0.29, 0.717) is 6.54 Å². The highest BCUT2D eigenvalue weighted by molar-refractivity contribution is 7.99. The molecule has 2 aliphatic rings. The van der Waals surface area contributed by atoms with E-state index in [1.54, 1.807) is 23.1 Å². The number of carbonyl (C=O) groups is 1. The Hall–Kier alpha value is -0.520. The van der Waals surface area contributed by atoms with Gasteiger partial charge in [0.25, 0.3) is 5.91 Å². The van der Waals surface area contributed by atoms with E-state index in [4.69, 9.17) is 0 Å². The van der Waals surface area contributed by atoms with E-state index in [0.717, 1.165) is 35.6 Å². The molecule has 5 heteroatoms. The van der Waals surface area contributed by atoms with Crippen LogP contribution in [0.1, 0.15) is 45.8 Å². The van der Waals surface area contributed by atoms with Gasteiger partial charge in [-0.15, -0.1) is 11.3 Å². The predicted molar refractivity (Wildman–Crippen MR) is 84.8 cm³/mol. The van der Waals surface area contributed by atoms with Crippen LogP contribution >= 0.6 is 23.1 Å². The smallest absolute Gasteiger partial charge is 0.261 e. The normalized spacial score (nSPS) is 26.1. The molecule has 2 N–H and O–H groups in total. The number of hydrogen-bond donors (Lipinski definition) is 2. The molecule has 1 aromatic heterocycles. The monoisotopic (exact) mass is 311 g/mol. The zero-order valence-electron chi connectivity index (χ0n) is 11.6. The molecule has 1 atom stereocenters. The van der Waals surface area contributed by atoms with Gasteiger partial charge >= 0.3 is 0 Å². The van der Waals surface area contributed by atoms with Crippen molar-refractivity contribution in [2.75, 3.05) is 18.1 Å². The second-order valence-corrected chi connectivity index (χ2v) is 8.07. The fraction of sp³-hybridized carbons (Fsp3) is 0.667. The molecule has 1 aliphatic heterocycles. The van der Waals surface area contributed by atoms with Crippen LogP contribution in [0.2, 0.25) is 0 Å². The quantitative estimate of drug-likeness (QED) is 0.844. The van der Waals surface area contributed by atoms with Crippen molar-refractivity contribution in [3.63, 3.8) is 0 Å². The molecule has 0 saturated carbocycles. The van der Waals surface area contributed by atoms with Gasteiger partial charge in [0.2, 0.25) is 0 Å². The molecule has 0 spiro atoms. The topological polar surface area (TPSA) is 49.3 Å². The molecular weight excluding hydrogens is 290 g/mol. The van der Waals surface area contributed by atoms with E-state index >= 15 is 0 Å². The molecule has 0 radical (unpaired) electrons. The molecule has 1 amide bonds. The van der Waals surface area contributed by atoms with E-state index in [2.05, 4.69) is 11.4 Å². The van der Waals surface area contributed by atoms with E-state index < -0.39 is 5.60 Å². The third kappa shape index (κ3) is 3.21. The number of hydrogen-bond acceptors (Lipinski definition) is 4.